The number of benzene rings is 1. The average molecular weight is 247 g/mol. The summed E-state index contributed by atoms with van der Waals surface area (Å²) in [6.07, 6.45) is 1.01. The summed E-state index contributed by atoms with van der Waals surface area (Å²) in [7, 11) is 1.78. The fourth-order valence-electron chi connectivity index (χ4n) is 2.03. The van der Waals surface area contributed by atoms with E-state index in [-0.39, 0.29) is 5.69 Å². The Kier molecular flexibility index (Phi) is 3.64. The van der Waals surface area contributed by atoms with E-state index >= 15 is 0 Å². The van der Waals surface area contributed by atoms with E-state index in [0.717, 1.165) is 11.3 Å². The minimum absolute atomic E-state index is 0.198. The number of para-hydroxylation sites is 1. The highest BCUT2D eigenvalue weighted by atomic mass is 16.3. The van der Waals surface area contributed by atoms with E-state index in [4.69, 9.17) is 0 Å². The van der Waals surface area contributed by atoms with E-state index < -0.39 is 6.10 Å². The maximum atomic E-state index is 11.8. The smallest absolute Gasteiger partial charge is 0.330 e. The van der Waals surface area contributed by atoms with Gasteiger partial charge in [0.1, 0.15) is 0 Å². The zero-order chi connectivity index (χ0) is 13.1. The molecule has 0 radical (unpaired) electrons. The second-order valence-corrected chi connectivity index (χ2v) is 4.20. The van der Waals surface area contributed by atoms with Crippen LogP contribution in [-0.4, -0.2) is 28.3 Å². The highest BCUT2D eigenvalue weighted by Crippen LogP contribution is 2.21. The molecule has 96 valence electrons. The Bertz CT molecular complexity index is 586. The van der Waals surface area contributed by atoms with Crippen molar-refractivity contribution in [2.45, 2.75) is 13.0 Å². The lowest BCUT2D eigenvalue weighted by Gasteiger charge is -2.16. The van der Waals surface area contributed by atoms with Crippen LogP contribution in [0, 0.1) is 6.92 Å². The summed E-state index contributed by atoms with van der Waals surface area (Å²) >= 11 is 0. The average Bonchev–Trinajstić information content (AvgIpc) is 2.69. The van der Waals surface area contributed by atoms with Crippen LogP contribution in [0.5, 0.6) is 0 Å². The van der Waals surface area contributed by atoms with Crippen molar-refractivity contribution in [3.05, 3.63) is 52.2 Å². The number of likely N-dealkylation sites (N-methyl/N-ethyl adjacent to an activating group) is 1. The molecule has 0 aliphatic rings. The number of rotatable bonds is 4. The zero-order valence-corrected chi connectivity index (χ0v) is 10.5. The van der Waals surface area contributed by atoms with Gasteiger partial charge in [0.25, 0.3) is 0 Å². The van der Waals surface area contributed by atoms with Gasteiger partial charge in [-0.2, -0.15) is 0 Å². The molecule has 1 aromatic carbocycles. The summed E-state index contributed by atoms with van der Waals surface area (Å²) in [4.78, 5) is 14.4. The summed E-state index contributed by atoms with van der Waals surface area (Å²) in [6, 6.07) is 7.36. The first-order chi connectivity index (χ1) is 8.65. The van der Waals surface area contributed by atoms with Gasteiger partial charge in [-0.05, 0) is 20.0 Å². The standard InChI is InChI=1S/C13H17N3O2/c1-9-7-15-13(18)16(9)11-6-4-3-5-10(11)12(17)8-14-2/h3-7,12,14,17H,8H2,1-2H3,(H,15,18). The molecule has 0 saturated heterocycles. The molecule has 3 N–H and O–H groups in total. The van der Waals surface area contributed by atoms with Gasteiger partial charge in [0.05, 0.1) is 11.8 Å². The molecule has 2 rings (SSSR count). The number of H-pyrrole nitrogens is 1. The van der Waals surface area contributed by atoms with Crippen LogP contribution in [0.4, 0.5) is 0 Å². The van der Waals surface area contributed by atoms with Gasteiger partial charge in [-0.15, -0.1) is 0 Å². The van der Waals surface area contributed by atoms with Gasteiger partial charge in [-0.3, -0.25) is 4.57 Å². The van der Waals surface area contributed by atoms with E-state index in [1.54, 1.807) is 17.8 Å². The normalized spacial score (nSPS) is 12.6. The fourth-order valence-corrected chi connectivity index (χ4v) is 2.03. The third-order valence-electron chi connectivity index (χ3n) is 2.89. The molecule has 0 amide bonds. The lowest BCUT2D eigenvalue weighted by atomic mass is 10.1. The molecule has 0 fully saturated rings. The van der Waals surface area contributed by atoms with Gasteiger partial charge in [0.15, 0.2) is 0 Å². The number of aliphatic hydroxyl groups is 1. The van der Waals surface area contributed by atoms with Gasteiger partial charge >= 0.3 is 5.69 Å². The second-order valence-electron chi connectivity index (χ2n) is 4.20. The SMILES string of the molecule is CNCC(O)c1ccccc1-n1c(C)c[nH]c1=O. The van der Waals surface area contributed by atoms with Crippen molar-refractivity contribution in [2.24, 2.45) is 0 Å². The van der Waals surface area contributed by atoms with Crippen LogP contribution in [0.15, 0.2) is 35.3 Å². The number of hydrogen-bond acceptors (Lipinski definition) is 3. The molecule has 1 atom stereocenters. The summed E-state index contributed by atoms with van der Waals surface area (Å²) in [5, 5.41) is 13.0. The molecule has 5 heteroatoms. The Morgan fingerprint density at radius 3 is 2.78 bits per heavy atom. The van der Waals surface area contributed by atoms with E-state index in [9.17, 15) is 9.90 Å². The Balaban J connectivity index is 2.55. The minimum atomic E-state index is -0.646. The number of aromatic amines is 1. The lowest BCUT2D eigenvalue weighted by molar-refractivity contribution is 0.177. The first-order valence-electron chi connectivity index (χ1n) is 5.84. The summed E-state index contributed by atoms with van der Waals surface area (Å²) in [5.74, 6) is 0. The Morgan fingerprint density at radius 1 is 1.44 bits per heavy atom. The maximum Gasteiger partial charge on any atom is 0.330 e. The molecule has 18 heavy (non-hydrogen) atoms. The number of hydrogen-bond donors (Lipinski definition) is 3. The number of nitrogens with one attached hydrogen (secondary N) is 2. The number of aliphatic hydroxyl groups excluding tert-OH is 1. The van der Waals surface area contributed by atoms with Crippen LogP contribution in [-0.2, 0) is 0 Å². The maximum absolute atomic E-state index is 11.8. The lowest BCUT2D eigenvalue weighted by Crippen LogP contribution is -2.22. The Hall–Kier alpha value is -1.85. The van der Waals surface area contributed by atoms with Gasteiger partial charge in [0, 0.05) is 24.0 Å². The van der Waals surface area contributed by atoms with E-state index in [1.807, 2.05) is 31.2 Å². The number of nitrogens with zero attached hydrogens (tertiary/aromatic N) is 1. The Morgan fingerprint density at radius 2 is 2.17 bits per heavy atom. The first-order valence-corrected chi connectivity index (χ1v) is 5.84. The first kappa shape index (κ1) is 12.6. The van der Waals surface area contributed by atoms with Crippen molar-refractivity contribution in [1.82, 2.24) is 14.9 Å². The summed E-state index contributed by atoms with van der Waals surface area (Å²) in [6.45, 7) is 2.29. The van der Waals surface area contributed by atoms with Gasteiger partial charge < -0.3 is 15.4 Å². The molecule has 0 bridgehead atoms. The highest BCUT2D eigenvalue weighted by molar-refractivity contribution is 5.43. The van der Waals surface area contributed by atoms with Crippen molar-refractivity contribution < 1.29 is 5.11 Å². The molecule has 1 unspecified atom stereocenters. The monoisotopic (exact) mass is 247 g/mol. The summed E-state index contributed by atoms with van der Waals surface area (Å²) < 4.78 is 1.56. The topological polar surface area (TPSA) is 70.0 Å². The molecule has 0 spiro atoms. The molecule has 2 aromatic rings. The highest BCUT2D eigenvalue weighted by Gasteiger charge is 2.14. The van der Waals surface area contributed by atoms with E-state index in [2.05, 4.69) is 10.3 Å². The molecular weight excluding hydrogens is 230 g/mol. The third kappa shape index (κ3) is 2.23. The predicted octanol–water partition coefficient (Wildman–Crippen LogP) is 0.727. The third-order valence-corrected chi connectivity index (χ3v) is 2.89. The Labute approximate surface area is 105 Å². The fraction of sp³-hybridized carbons (Fsp3) is 0.308. The molecule has 1 aromatic heterocycles. The number of aryl methyl sites for hydroxylation is 1. The van der Waals surface area contributed by atoms with Crippen molar-refractivity contribution in [2.75, 3.05) is 13.6 Å². The largest absolute Gasteiger partial charge is 0.387 e. The second kappa shape index (κ2) is 5.20. The quantitative estimate of drug-likeness (QED) is 0.746. The molecule has 0 aliphatic carbocycles. The zero-order valence-electron chi connectivity index (χ0n) is 10.5. The molecule has 1 heterocycles. The van der Waals surface area contributed by atoms with Crippen LogP contribution in [0.3, 0.4) is 0 Å². The van der Waals surface area contributed by atoms with Crippen LogP contribution >= 0.6 is 0 Å². The molecule has 0 saturated carbocycles. The van der Waals surface area contributed by atoms with Gasteiger partial charge in [-0.1, -0.05) is 18.2 Å². The van der Waals surface area contributed by atoms with Crippen molar-refractivity contribution in [1.29, 1.82) is 0 Å². The number of aromatic nitrogens is 2. The van der Waals surface area contributed by atoms with Crippen molar-refractivity contribution in [3.63, 3.8) is 0 Å². The van der Waals surface area contributed by atoms with E-state index in [1.165, 1.54) is 0 Å². The van der Waals surface area contributed by atoms with Crippen molar-refractivity contribution >= 4 is 0 Å². The van der Waals surface area contributed by atoms with Crippen LogP contribution in [0.2, 0.25) is 0 Å². The predicted molar refractivity (Wildman–Crippen MR) is 70.0 cm³/mol. The van der Waals surface area contributed by atoms with E-state index in [0.29, 0.717) is 12.2 Å². The van der Waals surface area contributed by atoms with Crippen molar-refractivity contribution in [3.8, 4) is 5.69 Å². The van der Waals surface area contributed by atoms with Crippen LogP contribution in [0.25, 0.3) is 5.69 Å². The summed E-state index contributed by atoms with van der Waals surface area (Å²) in [5.41, 5.74) is 2.06. The van der Waals surface area contributed by atoms with Gasteiger partial charge in [0.2, 0.25) is 0 Å². The number of imidazole rings is 1. The molecule has 0 aliphatic heterocycles. The van der Waals surface area contributed by atoms with Crippen LogP contribution < -0.4 is 11.0 Å². The molecular formula is C13H17N3O2. The van der Waals surface area contributed by atoms with Crippen LogP contribution in [0.1, 0.15) is 17.4 Å². The van der Waals surface area contributed by atoms with Gasteiger partial charge in [-0.25, -0.2) is 4.79 Å². The minimum Gasteiger partial charge on any atom is -0.387 e. The molecule has 5 nitrogen and oxygen atoms in total.